The SMILES string of the molecule is COc1ccc(CCNC(=O)c2csc(CN)n2)cc1OC(F)F.Cl. The first kappa shape index (κ1) is 21.1. The molecule has 138 valence electrons. The van der Waals surface area contributed by atoms with Crippen LogP contribution in [0, 0.1) is 0 Å². The Morgan fingerprint density at radius 1 is 1.40 bits per heavy atom. The summed E-state index contributed by atoms with van der Waals surface area (Å²) in [5.41, 5.74) is 6.50. The largest absolute Gasteiger partial charge is 0.493 e. The number of thiazole rings is 1. The molecule has 2 rings (SSSR count). The van der Waals surface area contributed by atoms with Crippen LogP contribution in [0.15, 0.2) is 23.6 Å². The summed E-state index contributed by atoms with van der Waals surface area (Å²) in [4.78, 5) is 16.0. The van der Waals surface area contributed by atoms with Crippen molar-refractivity contribution >= 4 is 29.7 Å². The van der Waals surface area contributed by atoms with Gasteiger partial charge in [-0.15, -0.1) is 23.7 Å². The molecular weight excluding hydrogens is 376 g/mol. The van der Waals surface area contributed by atoms with Gasteiger partial charge in [0.2, 0.25) is 0 Å². The number of amides is 1. The summed E-state index contributed by atoms with van der Waals surface area (Å²) in [5.74, 6) is -0.119. The van der Waals surface area contributed by atoms with Gasteiger partial charge in [0, 0.05) is 18.5 Å². The van der Waals surface area contributed by atoms with Gasteiger partial charge in [-0.25, -0.2) is 4.98 Å². The van der Waals surface area contributed by atoms with E-state index in [0.717, 1.165) is 5.56 Å². The van der Waals surface area contributed by atoms with E-state index >= 15 is 0 Å². The minimum absolute atomic E-state index is 0. The van der Waals surface area contributed by atoms with Gasteiger partial charge >= 0.3 is 6.61 Å². The summed E-state index contributed by atoms with van der Waals surface area (Å²) >= 11 is 1.32. The standard InChI is InChI=1S/C15H17F2N3O3S.ClH/c1-22-11-3-2-9(6-12(11)23-15(16)17)4-5-19-14(21)10-8-24-13(7-18)20-10;/h2-3,6,8,15H,4-5,7,18H2,1H3,(H,19,21);1H. The maximum Gasteiger partial charge on any atom is 0.387 e. The normalized spacial score (nSPS) is 10.3. The van der Waals surface area contributed by atoms with E-state index in [0.29, 0.717) is 23.7 Å². The van der Waals surface area contributed by atoms with Gasteiger partial charge in [-0.2, -0.15) is 8.78 Å². The van der Waals surface area contributed by atoms with E-state index in [1.54, 1.807) is 17.5 Å². The zero-order valence-corrected chi connectivity index (χ0v) is 15.0. The summed E-state index contributed by atoms with van der Waals surface area (Å²) in [7, 11) is 1.37. The number of aromatic nitrogens is 1. The molecule has 0 radical (unpaired) electrons. The van der Waals surface area contributed by atoms with Crippen LogP contribution in [0.1, 0.15) is 21.1 Å². The Morgan fingerprint density at radius 2 is 2.16 bits per heavy atom. The Kier molecular flexibility index (Phi) is 8.53. The molecule has 25 heavy (non-hydrogen) atoms. The molecule has 1 aromatic carbocycles. The quantitative estimate of drug-likeness (QED) is 0.720. The fourth-order valence-electron chi connectivity index (χ4n) is 1.98. The molecule has 0 saturated carbocycles. The predicted molar refractivity (Wildman–Crippen MR) is 92.9 cm³/mol. The van der Waals surface area contributed by atoms with Crippen LogP contribution in [-0.2, 0) is 13.0 Å². The van der Waals surface area contributed by atoms with Crippen molar-refractivity contribution in [1.29, 1.82) is 0 Å². The topological polar surface area (TPSA) is 86.5 Å². The van der Waals surface area contributed by atoms with Crippen molar-refractivity contribution < 1.29 is 23.0 Å². The number of hydrogen-bond acceptors (Lipinski definition) is 6. The van der Waals surface area contributed by atoms with Crippen molar-refractivity contribution in [2.24, 2.45) is 5.73 Å². The number of hydrogen-bond donors (Lipinski definition) is 2. The van der Waals surface area contributed by atoms with E-state index in [9.17, 15) is 13.6 Å². The maximum absolute atomic E-state index is 12.4. The molecule has 0 spiro atoms. The highest BCUT2D eigenvalue weighted by Crippen LogP contribution is 2.29. The molecule has 1 aromatic heterocycles. The molecule has 0 saturated heterocycles. The van der Waals surface area contributed by atoms with Crippen LogP contribution in [0.3, 0.4) is 0 Å². The Bertz CT molecular complexity index is 700. The maximum atomic E-state index is 12.4. The molecule has 3 N–H and O–H groups in total. The fraction of sp³-hybridized carbons (Fsp3) is 0.333. The molecule has 0 bridgehead atoms. The third-order valence-corrected chi connectivity index (χ3v) is 3.97. The summed E-state index contributed by atoms with van der Waals surface area (Å²) in [6, 6.07) is 4.73. The molecule has 0 fully saturated rings. The van der Waals surface area contributed by atoms with Crippen molar-refractivity contribution in [3.05, 3.63) is 39.8 Å². The lowest BCUT2D eigenvalue weighted by atomic mass is 10.1. The number of nitrogens with two attached hydrogens (primary N) is 1. The van der Waals surface area contributed by atoms with E-state index in [2.05, 4.69) is 15.0 Å². The van der Waals surface area contributed by atoms with Crippen molar-refractivity contribution in [3.63, 3.8) is 0 Å². The molecule has 0 aliphatic rings. The average molecular weight is 394 g/mol. The van der Waals surface area contributed by atoms with E-state index in [1.807, 2.05) is 0 Å². The van der Waals surface area contributed by atoms with Gasteiger partial charge in [0.25, 0.3) is 5.91 Å². The lowest BCUT2D eigenvalue weighted by molar-refractivity contribution is -0.0512. The Hall–Kier alpha value is -1.97. The van der Waals surface area contributed by atoms with Crippen LogP contribution in [-0.4, -0.2) is 31.2 Å². The van der Waals surface area contributed by atoms with E-state index < -0.39 is 6.61 Å². The molecule has 0 unspecified atom stereocenters. The molecule has 0 aliphatic carbocycles. The number of nitrogens with one attached hydrogen (secondary N) is 1. The average Bonchev–Trinajstić information content (AvgIpc) is 3.03. The van der Waals surface area contributed by atoms with Crippen LogP contribution in [0.4, 0.5) is 8.78 Å². The first-order valence-electron chi connectivity index (χ1n) is 7.08. The van der Waals surface area contributed by atoms with Gasteiger partial charge in [-0.3, -0.25) is 4.79 Å². The van der Waals surface area contributed by atoms with E-state index in [-0.39, 0.29) is 36.4 Å². The monoisotopic (exact) mass is 393 g/mol. The number of carbonyl (C=O) groups is 1. The Labute approximate surface area is 153 Å². The second-order valence-corrected chi connectivity index (χ2v) is 5.64. The highest BCUT2D eigenvalue weighted by Gasteiger charge is 2.12. The van der Waals surface area contributed by atoms with Crippen molar-refractivity contribution in [1.82, 2.24) is 10.3 Å². The van der Waals surface area contributed by atoms with Gasteiger partial charge in [-0.1, -0.05) is 6.07 Å². The minimum Gasteiger partial charge on any atom is -0.493 e. The summed E-state index contributed by atoms with van der Waals surface area (Å²) in [6.07, 6.45) is 0.448. The number of ether oxygens (including phenoxy) is 2. The van der Waals surface area contributed by atoms with Gasteiger partial charge in [0.05, 0.1) is 7.11 Å². The third kappa shape index (κ3) is 6.11. The van der Waals surface area contributed by atoms with Gasteiger partial charge < -0.3 is 20.5 Å². The number of alkyl halides is 2. The van der Waals surface area contributed by atoms with Crippen LogP contribution in [0.25, 0.3) is 0 Å². The van der Waals surface area contributed by atoms with Crippen LogP contribution < -0.4 is 20.5 Å². The summed E-state index contributed by atoms with van der Waals surface area (Å²) < 4.78 is 34.2. The zero-order valence-electron chi connectivity index (χ0n) is 13.3. The van der Waals surface area contributed by atoms with Crippen molar-refractivity contribution in [2.75, 3.05) is 13.7 Å². The van der Waals surface area contributed by atoms with Crippen molar-refractivity contribution in [2.45, 2.75) is 19.6 Å². The van der Waals surface area contributed by atoms with Crippen LogP contribution in [0.2, 0.25) is 0 Å². The van der Waals surface area contributed by atoms with Crippen LogP contribution >= 0.6 is 23.7 Å². The lowest BCUT2D eigenvalue weighted by Crippen LogP contribution is -2.26. The molecular formula is C15H18ClF2N3O3S. The number of halogens is 3. The number of nitrogens with zero attached hydrogens (tertiary/aromatic N) is 1. The Balaban J connectivity index is 0.00000312. The van der Waals surface area contributed by atoms with E-state index in [4.69, 9.17) is 10.5 Å². The van der Waals surface area contributed by atoms with Gasteiger partial charge in [-0.05, 0) is 24.1 Å². The minimum atomic E-state index is -2.93. The molecule has 0 atom stereocenters. The number of methoxy groups -OCH3 is 1. The smallest absolute Gasteiger partial charge is 0.387 e. The first-order chi connectivity index (χ1) is 11.5. The fourth-order valence-corrected chi connectivity index (χ4v) is 2.64. The zero-order chi connectivity index (χ0) is 17.5. The molecule has 1 amide bonds. The van der Waals surface area contributed by atoms with Crippen molar-refractivity contribution in [3.8, 4) is 11.5 Å². The number of carbonyl (C=O) groups excluding carboxylic acids is 1. The molecule has 1 heterocycles. The second-order valence-electron chi connectivity index (χ2n) is 4.70. The summed E-state index contributed by atoms with van der Waals surface area (Å²) in [5, 5.41) is 5.04. The van der Waals surface area contributed by atoms with Crippen LogP contribution in [0.5, 0.6) is 11.5 Å². The molecule has 0 aliphatic heterocycles. The predicted octanol–water partition coefficient (Wildman–Crippen LogP) is 2.61. The second kappa shape index (κ2) is 10.1. The summed E-state index contributed by atoms with van der Waals surface area (Å²) in [6.45, 7) is -2.32. The Morgan fingerprint density at radius 3 is 2.76 bits per heavy atom. The highest BCUT2D eigenvalue weighted by molar-refractivity contribution is 7.09. The van der Waals surface area contributed by atoms with Gasteiger partial charge in [0.1, 0.15) is 10.7 Å². The molecule has 10 heteroatoms. The number of rotatable bonds is 8. The molecule has 6 nitrogen and oxygen atoms in total. The lowest BCUT2D eigenvalue weighted by Gasteiger charge is -2.11. The first-order valence-corrected chi connectivity index (χ1v) is 7.96. The number of benzene rings is 1. The third-order valence-electron chi connectivity index (χ3n) is 3.10. The highest BCUT2D eigenvalue weighted by atomic mass is 35.5. The molecule has 2 aromatic rings. The van der Waals surface area contributed by atoms with E-state index in [1.165, 1.54) is 24.5 Å². The van der Waals surface area contributed by atoms with Gasteiger partial charge in [0.15, 0.2) is 11.5 Å².